The number of hydrogen-bond donors (Lipinski definition) is 2. The quantitative estimate of drug-likeness (QED) is 0.437. The number of nitrogens with zero attached hydrogens (tertiary/aromatic N) is 4. The minimum absolute atomic E-state index is 0.0591. The minimum atomic E-state index is -0.312. The molecule has 2 aliphatic heterocycles. The molecule has 2 aromatic heterocycles. The van der Waals surface area contributed by atoms with Gasteiger partial charge in [-0.25, -0.2) is 0 Å². The number of aromatic nitrogens is 4. The van der Waals surface area contributed by atoms with Crippen LogP contribution in [0.15, 0.2) is 71.2 Å². The van der Waals surface area contributed by atoms with Gasteiger partial charge in [-0.2, -0.15) is 0 Å². The van der Waals surface area contributed by atoms with Crippen LogP contribution in [0.25, 0.3) is 22.2 Å². The van der Waals surface area contributed by atoms with Crippen molar-refractivity contribution in [3.63, 3.8) is 0 Å². The fraction of sp³-hybridized carbons (Fsp3) is 0.222. The second kappa shape index (κ2) is 8.14. The zero-order chi connectivity index (χ0) is 25.3. The van der Waals surface area contributed by atoms with E-state index in [1.807, 2.05) is 17.2 Å². The number of carbonyl (C=O) groups excluding carboxylic acids is 2. The number of nitrogens with one attached hydrogen (secondary N) is 2. The summed E-state index contributed by atoms with van der Waals surface area (Å²) < 4.78 is 0. The van der Waals surface area contributed by atoms with Crippen molar-refractivity contribution in [2.24, 2.45) is 17.8 Å². The van der Waals surface area contributed by atoms with Crippen LogP contribution in [-0.4, -0.2) is 61.6 Å². The highest BCUT2D eigenvalue weighted by atomic mass is 35.5. The topological polar surface area (TPSA) is 115 Å². The van der Waals surface area contributed by atoms with Crippen LogP contribution in [0.5, 0.6) is 0 Å². The lowest BCUT2D eigenvalue weighted by Gasteiger charge is -2.38. The Bertz CT molecular complexity index is 1670. The molecule has 1 saturated carbocycles. The van der Waals surface area contributed by atoms with Gasteiger partial charge in [0, 0.05) is 53.8 Å². The summed E-state index contributed by atoms with van der Waals surface area (Å²) in [6.45, 7) is 1.81. The van der Waals surface area contributed by atoms with E-state index in [2.05, 4.69) is 20.4 Å². The molecule has 37 heavy (non-hydrogen) atoms. The SMILES string of the molecule is O=C(c1ccc2[nH]nnc2c1)N1C=C2[C@@H](C1)[C@@H]1CN(C(=O)c3ccc(-c4ccc(Cl)cc4)c(=O)[nH]3)C[C@H]21. The van der Waals surface area contributed by atoms with E-state index < -0.39 is 0 Å². The van der Waals surface area contributed by atoms with Crippen LogP contribution in [0.4, 0.5) is 0 Å². The monoisotopic (exact) mass is 512 g/mol. The fourth-order valence-corrected chi connectivity index (χ4v) is 6.07. The molecule has 0 spiro atoms. The van der Waals surface area contributed by atoms with E-state index in [1.165, 1.54) is 5.57 Å². The first-order valence-electron chi connectivity index (χ1n) is 12.1. The lowest BCUT2D eigenvalue weighted by Crippen LogP contribution is -2.39. The number of benzene rings is 2. The Balaban J connectivity index is 1.05. The number of carbonyl (C=O) groups is 2. The number of H-pyrrole nitrogens is 2. The number of rotatable bonds is 3. The summed E-state index contributed by atoms with van der Waals surface area (Å²) in [6, 6.07) is 15.7. The van der Waals surface area contributed by atoms with Crippen molar-refractivity contribution in [3.05, 3.63) is 93.0 Å². The van der Waals surface area contributed by atoms with Crippen molar-refractivity contribution in [1.82, 2.24) is 30.2 Å². The van der Waals surface area contributed by atoms with Crippen molar-refractivity contribution in [2.75, 3.05) is 19.6 Å². The molecule has 10 heteroatoms. The average molecular weight is 513 g/mol. The van der Waals surface area contributed by atoms with Crippen molar-refractivity contribution in [2.45, 2.75) is 0 Å². The van der Waals surface area contributed by atoms with Gasteiger partial charge in [0.1, 0.15) is 11.2 Å². The summed E-state index contributed by atoms with van der Waals surface area (Å²) in [4.78, 5) is 45.4. The fourth-order valence-electron chi connectivity index (χ4n) is 5.94. The Morgan fingerprint density at radius 3 is 2.57 bits per heavy atom. The van der Waals surface area contributed by atoms with Crippen molar-refractivity contribution in [3.8, 4) is 11.1 Å². The summed E-state index contributed by atoms with van der Waals surface area (Å²) in [6.07, 6.45) is 1.96. The number of fused-ring (bicyclic) bond motifs is 5. The van der Waals surface area contributed by atoms with Crippen LogP contribution in [0.2, 0.25) is 5.02 Å². The molecule has 2 fully saturated rings. The van der Waals surface area contributed by atoms with Crippen molar-refractivity contribution in [1.29, 1.82) is 0 Å². The first-order valence-corrected chi connectivity index (χ1v) is 12.5. The van der Waals surface area contributed by atoms with Crippen LogP contribution in [0, 0.1) is 17.8 Å². The summed E-state index contributed by atoms with van der Waals surface area (Å²) in [5, 5.41) is 11.2. The van der Waals surface area contributed by atoms with Crippen molar-refractivity contribution < 1.29 is 9.59 Å². The Morgan fingerprint density at radius 1 is 0.946 bits per heavy atom. The van der Waals surface area contributed by atoms with E-state index in [9.17, 15) is 14.4 Å². The highest BCUT2D eigenvalue weighted by Gasteiger charge is 2.55. The van der Waals surface area contributed by atoms with Crippen LogP contribution in [-0.2, 0) is 0 Å². The smallest absolute Gasteiger partial charge is 0.270 e. The number of halogens is 1. The molecule has 1 saturated heterocycles. The van der Waals surface area contributed by atoms with Crippen LogP contribution < -0.4 is 5.56 Å². The zero-order valence-corrected chi connectivity index (χ0v) is 20.3. The zero-order valence-electron chi connectivity index (χ0n) is 19.5. The highest BCUT2D eigenvalue weighted by molar-refractivity contribution is 6.30. The number of hydrogen-bond acceptors (Lipinski definition) is 5. The number of aromatic amines is 2. The van der Waals surface area contributed by atoms with E-state index in [-0.39, 0.29) is 34.9 Å². The van der Waals surface area contributed by atoms with Gasteiger partial charge in [-0.05, 0) is 59.5 Å². The van der Waals surface area contributed by atoms with Gasteiger partial charge in [0.25, 0.3) is 17.4 Å². The number of pyridine rings is 1. The van der Waals surface area contributed by atoms with E-state index in [1.54, 1.807) is 53.4 Å². The second-order valence-electron chi connectivity index (χ2n) is 9.84. The molecule has 2 amide bonds. The molecule has 2 aromatic carbocycles. The van der Waals surface area contributed by atoms with Gasteiger partial charge in [-0.15, -0.1) is 5.10 Å². The molecule has 0 radical (unpaired) electrons. The molecule has 0 unspecified atom stereocenters. The Kier molecular flexibility index (Phi) is 4.84. The standard InChI is InChI=1S/C27H21ClN6O3/c28-16-4-1-14(2-5-16)17-6-8-23(29-25(17)35)27(37)34-12-20-18-10-33(11-19(18)21(20)13-34)26(36)15-3-7-22-24(9-15)31-32-30-22/h1-10,19-21H,11-13H2,(H,29,35)(H,30,31,32)/t19-,20-,21+/m1/s1. The normalized spacial score (nSPS) is 22.0. The second-order valence-corrected chi connectivity index (χ2v) is 10.3. The summed E-state index contributed by atoms with van der Waals surface area (Å²) in [7, 11) is 0. The molecule has 9 nitrogen and oxygen atoms in total. The van der Waals surface area contributed by atoms with Gasteiger partial charge in [-0.1, -0.05) is 28.9 Å². The maximum absolute atomic E-state index is 13.2. The Hall–Kier alpha value is -4.24. The molecular weight excluding hydrogens is 492 g/mol. The molecule has 4 aromatic rings. The largest absolute Gasteiger partial charge is 0.336 e. The van der Waals surface area contributed by atoms with E-state index >= 15 is 0 Å². The predicted molar refractivity (Wildman–Crippen MR) is 137 cm³/mol. The lowest BCUT2D eigenvalue weighted by molar-refractivity contribution is 0.0767. The third-order valence-corrected chi connectivity index (χ3v) is 8.10. The number of likely N-dealkylation sites (tertiary alicyclic amines) is 1. The molecule has 2 N–H and O–H groups in total. The first-order chi connectivity index (χ1) is 18.0. The minimum Gasteiger partial charge on any atom is -0.336 e. The highest BCUT2D eigenvalue weighted by Crippen LogP contribution is 2.53. The summed E-state index contributed by atoms with van der Waals surface area (Å²) in [5.74, 6) is 0.572. The first kappa shape index (κ1) is 22.0. The molecule has 184 valence electrons. The number of amides is 2. The van der Waals surface area contributed by atoms with E-state index in [0.717, 1.165) is 11.1 Å². The summed E-state index contributed by atoms with van der Waals surface area (Å²) in [5.41, 5.74) is 4.44. The average Bonchev–Trinajstić information content (AvgIpc) is 3.62. The molecule has 7 rings (SSSR count). The van der Waals surface area contributed by atoms with Gasteiger partial charge in [0.15, 0.2) is 0 Å². The molecule has 4 heterocycles. The van der Waals surface area contributed by atoms with Crippen molar-refractivity contribution >= 4 is 34.4 Å². The van der Waals surface area contributed by atoms with E-state index in [0.29, 0.717) is 47.2 Å². The third kappa shape index (κ3) is 3.49. The maximum Gasteiger partial charge on any atom is 0.270 e. The molecule has 0 bridgehead atoms. The lowest BCUT2D eigenvalue weighted by atomic mass is 9.64. The van der Waals surface area contributed by atoms with Gasteiger partial charge in [0.05, 0.1) is 5.52 Å². The molecule has 3 atom stereocenters. The van der Waals surface area contributed by atoms with Crippen LogP contribution >= 0.6 is 11.6 Å². The van der Waals surface area contributed by atoms with Gasteiger partial charge in [0.2, 0.25) is 0 Å². The third-order valence-electron chi connectivity index (χ3n) is 7.85. The maximum atomic E-state index is 13.2. The molecule has 3 aliphatic rings. The Morgan fingerprint density at radius 2 is 1.76 bits per heavy atom. The van der Waals surface area contributed by atoms with Crippen LogP contribution in [0.3, 0.4) is 0 Å². The van der Waals surface area contributed by atoms with Gasteiger partial charge < -0.3 is 14.8 Å². The molecular formula is C27H21ClN6O3. The Labute approximate surface area is 215 Å². The summed E-state index contributed by atoms with van der Waals surface area (Å²) >= 11 is 5.94. The van der Waals surface area contributed by atoms with Gasteiger partial charge in [-0.3, -0.25) is 19.5 Å². The van der Waals surface area contributed by atoms with Gasteiger partial charge >= 0.3 is 0 Å². The van der Waals surface area contributed by atoms with E-state index in [4.69, 9.17) is 11.6 Å². The predicted octanol–water partition coefficient (Wildman–Crippen LogP) is 3.32. The van der Waals surface area contributed by atoms with Crippen LogP contribution in [0.1, 0.15) is 20.8 Å². The molecule has 1 aliphatic carbocycles.